The highest BCUT2D eigenvalue weighted by atomic mass is 16.2. The SMILES string of the molecule is Cc1cn(-c2ccc3n(c2=O)CC(C)N(Cc2ccc(C)c(N4CC5CC5C4)c2)C3=O)cn1. The largest absolute Gasteiger partial charge is 0.371 e. The third kappa shape index (κ3) is 3.37. The number of aryl methyl sites for hydroxylation is 2. The summed E-state index contributed by atoms with van der Waals surface area (Å²) in [6.45, 7) is 9.41. The lowest BCUT2D eigenvalue weighted by Crippen LogP contribution is -2.49. The van der Waals surface area contributed by atoms with Crippen molar-refractivity contribution in [2.75, 3.05) is 18.0 Å². The summed E-state index contributed by atoms with van der Waals surface area (Å²) in [5.74, 6) is 1.66. The number of carbonyl (C=O) groups is 1. The van der Waals surface area contributed by atoms with Gasteiger partial charge in [-0.3, -0.25) is 9.59 Å². The Labute approximate surface area is 193 Å². The lowest BCUT2D eigenvalue weighted by Gasteiger charge is -2.36. The highest BCUT2D eigenvalue weighted by Crippen LogP contribution is 2.46. The van der Waals surface area contributed by atoms with Crippen molar-refractivity contribution >= 4 is 11.6 Å². The summed E-state index contributed by atoms with van der Waals surface area (Å²) in [5, 5.41) is 0. The van der Waals surface area contributed by atoms with Crippen molar-refractivity contribution in [1.82, 2.24) is 19.0 Å². The summed E-state index contributed by atoms with van der Waals surface area (Å²) in [6, 6.07) is 9.97. The molecule has 2 aliphatic heterocycles. The average Bonchev–Trinajstić information content (AvgIpc) is 3.17. The molecule has 7 nitrogen and oxygen atoms in total. The van der Waals surface area contributed by atoms with Gasteiger partial charge in [0.25, 0.3) is 11.5 Å². The number of hydrogen-bond donors (Lipinski definition) is 0. The first-order valence-electron chi connectivity index (χ1n) is 11.8. The van der Waals surface area contributed by atoms with Gasteiger partial charge in [0.2, 0.25) is 0 Å². The molecule has 3 aromatic rings. The smallest absolute Gasteiger partial charge is 0.275 e. The van der Waals surface area contributed by atoms with Gasteiger partial charge in [0.15, 0.2) is 0 Å². The van der Waals surface area contributed by atoms with Crippen molar-refractivity contribution in [3.8, 4) is 5.69 Å². The van der Waals surface area contributed by atoms with Crippen molar-refractivity contribution in [1.29, 1.82) is 0 Å². The predicted molar refractivity (Wildman–Crippen MR) is 127 cm³/mol. The molecular formula is C26H29N5O2. The Morgan fingerprint density at radius 2 is 1.79 bits per heavy atom. The second-order valence-electron chi connectivity index (χ2n) is 10.0. The summed E-state index contributed by atoms with van der Waals surface area (Å²) in [5.41, 5.74) is 5.38. The van der Waals surface area contributed by atoms with E-state index in [0.717, 1.165) is 36.2 Å². The number of nitrogens with zero attached hydrogens (tertiary/aromatic N) is 5. The molecule has 33 heavy (non-hydrogen) atoms. The third-order valence-electron chi connectivity index (χ3n) is 7.55. The van der Waals surface area contributed by atoms with Crippen LogP contribution in [0, 0.1) is 25.7 Å². The van der Waals surface area contributed by atoms with Gasteiger partial charge in [-0.2, -0.15) is 0 Å². The molecule has 3 unspecified atom stereocenters. The van der Waals surface area contributed by atoms with Crippen LogP contribution in [0.3, 0.4) is 0 Å². The molecule has 3 aliphatic rings. The van der Waals surface area contributed by atoms with Crippen LogP contribution in [0.1, 0.15) is 40.7 Å². The van der Waals surface area contributed by atoms with Gasteiger partial charge in [0, 0.05) is 44.1 Å². The normalized spacial score (nSPS) is 23.6. The van der Waals surface area contributed by atoms with Crippen LogP contribution < -0.4 is 10.5 Å². The Morgan fingerprint density at radius 3 is 2.52 bits per heavy atom. The molecular weight excluding hydrogens is 414 g/mol. The quantitative estimate of drug-likeness (QED) is 0.622. The van der Waals surface area contributed by atoms with Crippen LogP contribution in [-0.2, 0) is 13.1 Å². The minimum atomic E-state index is -0.157. The molecule has 6 rings (SSSR count). The van der Waals surface area contributed by atoms with Gasteiger partial charge < -0.3 is 18.9 Å². The van der Waals surface area contributed by atoms with Crippen molar-refractivity contribution < 1.29 is 4.79 Å². The summed E-state index contributed by atoms with van der Waals surface area (Å²) in [6.07, 6.45) is 4.84. The van der Waals surface area contributed by atoms with Crippen LogP contribution in [-0.4, -0.2) is 44.1 Å². The van der Waals surface area contributed by atoms with E-state index in [1.54, 1.807) is 27.6 Å². The standard InChI is InChI=1S/C26H29N5O2/c1-16-4-5-19(8-24(16)28-13-20-9-21(20)14-28)12-30-18(3)11-31-23(26(30)33)7-6-22(25(31)32)29-10-17(2)27-15-29/h4-8,10,15,18,20-21H,9,11-14H2,1-3H3. The number of pyridine rings is 1. The Hall–Kier alpha value is -3.35. The molecule has 0 radical (unpaired) electrons. The molecule has 0 bridgehead atoms. The molecule has 3 atom stereocenters. The number of imidazole rings is 1. The zero-order valence-corrected chi connectivity index (χ0v) is 19.4. The number of hydrogen-bond acceptors (Lipinski definition) is 4. The van der Waals surface area contributed by atoms with E-state index in [2.05, 4.69) is 35.0 Å². The van der Waals surface area contributed by atoms with Crippen LogP contribution in [0.25, 0.3) is 5.69 Å². The number of piperidine rings is 1. The van der Waals surface area contributed by atoms with Gasteiger partial charge in [-0.1, -0.05) is 12.1 Å². The first kappa shape index (κ1) is 20.3. The van der Waals surface area contributed by atoms with E-state index in [0.29, 0.717) is 24.5 Å². The molecule has 4 heterocycles. The van der Waals surface area contributed by atoms with Gasteiger partial charge in [-0.05, 0) is 68.4 Å². The molecule has 0 N–H and O–H groups in total. The van der Waals surface area contributed by atoms with Crippen molar-refractivity contribution in [2.45, 2.75) is 46.3 Å². The maximum absolute atomic E-state index is 13.4. The lowest BCUT2D eigenvalue weighted by atomic mass is 10.1. The van der Waals surface area contributed by atoms with Crippen LogP contribution in [0.15, 0.2) is 47.7 Å². The Kier molecular flexibility index (Phi) is 4.50. The van der Waals surface area contributed by atoms with E-state index in [1.807, 2.05) is 24.9 Å². The summed E-state index contributed by atoms with van der Waals surface area (Å²) in [7, 11) is 0. The Bertz CT molecular complexity index is 1310. The lowest BCUT2D eigenvalue weighted by molar-refractivity contribution is 0.0590. The topological polar surface area (TPSA) is 63.4 Å². The molecule has 170 valence electrons. The predicted octanol–water partition coefficient (Wildman–Crippen LogP) is 3.15. The summed E-state index contributed by atoms with van der Waals surface area (Å²) < 4.78 is 3.34. The monoisotopic (exact) mass is 443 g/mol. The van der Waals surface area contributed by atoms with E-state index >= 15 is 0 Å². The van der Waals surface area contributed by atoms with Gasteiger partial charge in [-0.25, -0.2) is 4.98 Å². The molecule has 2 fully saturated rings. The highest BCUT2D eigenvalue weighted by Gasteiger charge is 2.45. The minimum Gasteiger partial charge on any atom is -0.371 e. The summed E-state index contributed by atoms with van der Waals surface area (Å²) >= 11 is 0. The van der Waals surface area contributed by atoms with Crippen LogP contribution in [0.5, 0.6) is 0 Å². The van der Waals surface area contributed by atoms with Crippen molar-refractivity contribution in [3.05, 3.63) is 75.7 Å². The number of carbonyl (C=O) groups excluding carboxylic acids is 1. The highest BCUT2D eigenvalue weighted by molar-refractivity contribution is 5.93. The fourth-order valence-corrected chi connectivity index (χ4v) is 5.51. The Balaban J connectivity index is 1.28. The molecule has 7 heteroatoms. The number of aromatic nitrogens is 3. The fourth-order valence-electron chi connectivity index (χ4n) is 5.51. The second-order valence-corrected chi connectivity index (χ2v) is 10.0. The minimum absolute atomic E-state index is 0.0772. The molecule has 1 aromatic carbocycles. The number of amides is 1. The maximum atomic E-state index is 13.4. The number of rotatable bonds is 4. The van der Waals surface area contributed by atoms with E-state index in [9.17, 15) is 9.59 Å². The van der Waals surface area contributed by atoms with Crippen LogP contribution >= 0.6 is 0 Å². The third-order valence-corrected chi connectivity index (χ3v) is 7.55. The zero-order valence-electron chi connectivity index (χ0n) is 19.4. The molecule has 0 spiro atoms. The van der Waals surface area contributed by atoms with Crippen LogP contribution in [0.4, 0.5) is 5.69 Å². The van der Waals surface area contributed by atoms with E-state index < -0.39 is 0 Å². The fraction of sp³-hybridized carbons (Fsp3) is 0.423. The number of benzene rings is 1. The zero-order chi connectivity index (χ0) is 22.9. The average molecular weight is 444 g/mol. The summed E-state index contributed by atoms with van der Waals surface area (Å²) in [4.78, 5) is 35.2. The van der Waals surface area contributed by atoms with E-state index in [-0.39, 0.29) is 17.5 Å². The van der Waals surface area contributed by atoms with Crippen molar-refractivity contribution in [2.24, 2.45) is 11.8 Å². The first-order valence-corrected chi connectivity index (χ1v) is 11.8. The van der Waals surface area contributed by atoms with Gasteiger partial charge in [0.05, 0.1) is 12.0 Å². The second kappa shape index (κ2) is 7.33. The molecule has 1 amide bonds. The molecule has 1 saturated carbocycles. The van der Waals surface area contributed by atoms with Gasteiger partial charge in [0.1, 0.15) is 11.4 Å². The number of anilines is 1. The van der Waals surface area contributed by atoms with Gasteiger partial charge >= 0.3 is 0 Å². The van der Waals surface area contributed by atoms with Gasteiger partial charge in [-0.15, -0.1) is 0 Å². The van der Waals surface area contributed by atoms with Crippen LogP contribution in [0.2, 0.25) is 0 Å². The van der Waals surface area contributed by atoms with E-state index in [4.69, 9.17) is 0 Å². The number of fused-ring (bicyclic) bond motifs is 2. The maximum Gasteiger partial charge on any atom is 0.275 e. The van der Waals surface area contributed by atoms with Crippen molar-refractivity contribution in [3.63, 3.8) is 0 Å². The molecule has 1 saturated heterocycles. The molecule has 1 aliphatic carbocycles. The van der Waals surface area contributed by atoms with E-state index in [1.165, 1.54) is 17.7 Å². The Morgan fingerprint density at radius 1 is 1.00 bits per heavy atom. The first-order chi connectivity index (χ1) is 15.9. The molecule has 2 aromatic heterocycles.